The minimum absolute atomic E-state index is 0.115. The summed E-state index contributed by atoms with van der Waals surface area (Å²) in [5.74, 6) is -0.115. The van der Waals surface area contributed by atoms with E-state index in [1.54, 1.807) is 29.2 Å². The van der Waals surface area contributed by atoms with E-state index in [4.69, 9.17) is 11.6 Å². The summed E-state index contributed by atoms with van der Waals surface area (Å²) in [6, 6.07) is 15.1. The average Bonchev–Trinajstić information content (AvgIpc) is 2.58. The van der Waals surface area contributed by atoms with Gasteiger partial charge in [-0.2, -0.15) is 0 Å². The maximum Gasteiger partial charge on any atom is 0.255 e. The van der Waals surface area contributed by atoms with E-state index in [0.29, 0.717) is 10.6 Å². The van der Waals surface area contributed by atoms with Gasteiger partial charge in [0.25, 0.3) is 5.91 Å². The zero-order valence-corrected chi connectivity index (χ0v) is 13.9. The fourth-order valence-corrected chi connectivity index (χ4v) is 3.15. The predicted octanol–water partition coefficient (Wildman–Crippen LogP) is 3.16. The van der Waals surface area contributed by atoms with Gasteiger partial charge in [-0.3, -0.25) is 4.79 Å². The number of nitrogens with one attached hydrogen (secondary N) is 2. The molecule has 0 spiro atoms. The third kappa shape index (κ3) is 4.57. The largest absolute Gasteiger partial charge is 0.331 e. The molecule has 1 heterocycles. The number of hydrogen-bond acceptors (Lipinski definition) is 1. The quantitative estimate of drug-likeness (QED) is 0.887. The van der Waals surface area contributed by atoms with Crippen molar-refractivity contribution >= 4 is 23.2 Å². The van der Waals surface area contributed by atoms with E-state index in [-0.39, 0.29) is 5.91 Å². The van der Waals surface area contributed by atoms with E-state index in [0.717, 1.165) is 12.2 Å². The molecule has 23 heavy (non-hydrogen) atoms. The van der Waals surface area contributed by atoms with Crippen LogP contribution in [0, 0.1) is 0 Å². The molecule has 1 saturated heterocycles. The monoisotopic (exact) mass is 329 g/mol. The van der Waals surface area contributed by atoms with Crippen molar-refractivity contribution in [2.75, 3.05) is 18.4 Å². The summed E-state index contributed by atoms with van der Waals surface area (Å²) in [6.07, 6.45) is 4.05. The Morgan fingerprint density at radius 2 is 1.61 bits per heavy atom. The maximum atomic E-state index is 12.2. The third-order valence-electron chi connectivity index (χ3n) is 4.33. The highest BCUT2D eigenvalue weighted by atomic mass is 35.5. The molecule has 0 atom stereocenters. The first-order chi connectivity index (χ1) is 11.2. The molecule has 0 aromatic heterocycles. The molecule has 0 unspecified atom stereocenters. The standard InChI is InChI=1S/C19H21ClN2O/c20-17-8-6-16(7-9-17)19(23)21-18-10-4-15(5-11-18)14-22-12-2-1-3-13-22/h4-11H,1-3,12-14H2,(H,21,23)/p+1. The number of rotatable bonds is 4. The Balaban J connectivity index is 1.58. The van der Waals surface area contributed by atoms with Crippen molar-refractivity contribution in [1.82, 2.24) is 0 Å². The van der Waals surface area contributed by atoms with E-state index < -0.39 is 0 Å². The Kier molecular flexibility index (Phi) is 5.31. The summed E-state index contributed by atoms with van der Waals surface area (Å²) in [6.45, 7) is 3.62. The Hall–Kier alpha value is -1.84. The molecule has 0 bridgehead atoms. The summed E-state index contributed by atoms with van der Waals surface area (Å²) < 4.78 is 0. The van der Waals surface area contributed by atoms with Crippen LogP contribution in [0.2, 0.25) is 5.02 Å². The van der Waals surface area contributed by atoms with Crippen molar-refractivity contribution in [2.45, 2.75) is 25.8 Å². The van der Waals surface area contributed by atoms with Crippen molar-refractivity contribution in [1.29, 1.82) is 0 Å². The van der Waals surface area contributed by atoms with Crippen LogP contribution < -0.4 is 10.2 Å². The topological polar surface area (TPSA) is 33.5 Å². The second-order valence-corrected chi connectivity index (χ2v) is 6.58. The van der Waals surface area contributed by atoms with Gasteiger partial charge in [-0.05, 0) is 55.7 Å². The van der Waals surface area contributed by atoms with Crippen molar-refractivity contribution in [3.05, 3.63) is 64.7 Å². The van der Waals surface area contributed by atoms with Gasteiger partial charge in [0, 0.05) is 21.8 Å². The van der Waals surface area contributed by atoms with Gasteiger partial charge in [0.2, 0.25) is 0 Å². The molecule has 0 aliphatic carbocycles. The van der Waals surface area contributed by atoms with Crippen LogP contribution >= 0.6 is 11.6 Å². The SMILES string of the molecule is O=C(Nc1ccc(C[NH+]2CCCCC2)cc1)c1ccc(Cl)cc1. The summed E-state index contributed by atoms with van der Waals surface area (Å²) in [5.41, 5.74) is 2.75. The molecule has 120 valence electrons. The number of piperidine rings is 1. The van der Waals surface area contributed by atoms with Crippen LogP contribution in [-0.2, 0) is 6.54 Å². The van der Waals surface area contributed by atoms with Crippen molar-refractivity contribution in [3.8, 4) is 0 Å². The van der Waals surface area contributed by atoms with Gasteiger partial charge in [0.1, 0.15) is 6.54 Å². The Morgan fingerprint density at radius 3 is 2.26 bits per heavy atom. The minimum atomic E-state index is -0.115. The minimum Gasteiger partial charge on any atom is -0.331 e. The molecule has 3 nitrogen and oxygen atoms in total. The van der Waals surface area contributed by atoms with Crippen LogP contribution in [0.15, 0.2) is 48.5 Å². The molecular formula is C19H22ClN2O+. The van der Waals surface area contributed by atoms with E-state index in [2.05, 4.69) is 17.4 Å². The number of hydrogen-bond donors (Lipinski definition) is 2. The van der Waals surface area contributed by atoms with Crippen molar-refractivity contribution < 1.29 is 9.69 Å². The summed E-state index contributed by atoms with van der Waals surface area (Å²) in [5, 5.41) is 3.55. The number of halogens is 1. The Morgan fingerprint density at radius 1 is 0.957 bits per heavy atom. The number of amides is 1. The van der Waals surface area contributed by atoms with E-state index in [9.17, 15) is 4.79 Å². The smallest absolute Gasteiger partial charge is 0.255 e. The molecule has 1 fully saturated rings. The fourth-order valence-electron chi connectivity index (χ4n) is 3.03. The third-order valence-corrected chi connectivity index (χ3v) is 4.58. The first-order valence-corrected chi connectivity index (χ1v) is 8.58. The van der Waals surface area contributed by atoms with Crippen LogP contribution in [0.4, 0.5) is 5.69 Å². The fraction of sp³-hybridized carbons (Fsp3) is 0.316. The average molecular weight is 330 g/mol. The van der Waals surface area contributed by atoms with Gasteiger partial charge in [-0.25, -0.2) is 0 Å². The van der Waals surface area contributed by atoms with E-state index in [1.807, 2.05) is 12.1 Å². The lowest BCUT2D eigenvalue weighted by molar-refractivity contribution is -0.918. The number of benzene rings is 2. The van der Waals surface area contributed by atoms with Crippen LogP contribution in [0.5, 0.6) is 0 Å². The second kappa shape index (κ2) is 7.62. The van der Waals surface area contributed by atoms with Gasteiger partial charge in [-0.1, -0.05) is 23.7 Å². The molecule has 3 rings (SSSR count). The number of carbonyl (C=O) groups excluding carboxylic acids is 1. The predicted molar refractivity (Wildman–Crippen MR) is 94.1 cm³/mol. The highest BCUT2D eigenvalue weighted by molar-refractivity contribution is 6.30. The molecule has 0 radical (unpaired) electrons. The van der Waals surface area contributed by atoms with Crippen LogP contribution in [0.3, 0.4) is 0 Å². The molecule has 2 aromatic rings. The van der Waals surface area contributed by atoms with Crippen LogP contribution in [-0.4, -0.2) is 19.0 Å². The highest BCUT2D eigenvalue weighted by Gasteiger charge is 2.13. The van der Waals surface area contributed by atoms with E-state index >= 15 is 0 Å². The Bertz CT molecular complexity index is 646. The molecule has 0 saturated carbocycles. The first-order valence-electron chi connectivity index (χ1n) is 8.20. The molecule has 2 aromatic carbocycles. The normalized spacial score (nSPS) is 15.3. The number of quaternary nitrogens is 1. The molecule has 1 amide bonds. The molecule has 4 heteroatoms. The van der Waals surface area contributed by atoms with E-state index in [1.165, 1.54) is 37.9 Å². The Labute approximate surface area is 142 Å². The van der Waals surface area contributed by atoms with Crippen molar-refractivity contribution in [3.63, 3.8) is 0 Å². The molecule has 2 N–H and O–H groups in total. The number of likely N-dealkylation sites (tertiary alicyclic amines) is 1. The highest BCUT2D eigenvalue weighted by Crippen LogP contribution is 2.13. The summed E-state index contributed by atoms with van der Waals surface area (Å²) in [7, 11) is 0. The first kappa shape index (κ1) is 16.0. The zero-order valence-electron chi connectivity index (χ0n) is 13.1. The molecular weight excluding hydrogens is 308 g/mol. The number of anilines is 1. The molecule has 1 aliphatic rings. The lowest BCUT2D eigenvalue weighted by Gasteiger charge is -2.23. The zero-order chi connectivity index (χ0) is 16.1. The van der Waals surface area contributed by atoms with Gasteiger partial charge in [-0.15, -0.1) is 0 Å². The lowest BCUT2D eigenvalue weighted by atomic mass is 10.1. The van der Waals surface area contributed by atoms with Gasteiger partial charge >= 0.3 is 0 Å². The van der Waals surface area contributed by atoms with Crippen LogP contribution in [0.25, 0.3) is 0 Å². The second-order valence-electron chi connectivity index (χ2n) is 6.15. The maximum absolute atomic E-state index is 12.2. The van der Waals surface area contributed by atoms with Gasteiger partial charge in [0.15, 0.2) is 0 Å². The number of carbonyl (C=O) groups is 1. The summed E-state index contributed by atoms with van der Waals surface area (Å²) in [4.78, 5) is 13.8. The van der Waals surface area contributed by atoms with Crippen molar-refractivity contribution in [2.24, 2.45) is 0 Å². The van der Waals surface area contributed by atoms with Gasteiger partial charge in [0.05, 0.1) is 13.1 Å². The molecule has 1 aliphatic heterocycles. The van der Waals surface area contributed by atoms with Gasteiger partial charge < -0.3 is 10.2 Å². The van der Waals surface area contributed by atoms with Crippen LogP contribution in [0.1, 0.15) is 35.2 Å². The summed E-state index contributed by atoms with van der Waals surface area (Å²) >= 11 is 5.84. The lowest BCUT2D eigenvalue weighted by Crippen LogP contribution is -3.11.